The molecule has 0 fully saturated rings. The summed E-state index contributed by atoms with van der Waals surface area (Å²) in [5.74, 6) is -0.0178. The van der Waals surface area contributed by atoms with E-state index in [0.29, 0.717) is 5.69 Å². The largest absolute Gasteiger partial charge is 0.286 e. The van der Waals surface area contributed by atoms with Crippen LogP contribution in [-0.2, 0) is 0 Å². The lowest BCUT2D eigenvalue weighted by atomic mass is 9.98. The van der Waals surface area contributed by atoms with Crippen LogP contribution in [0.4, 0.5) is 0 Å². The van der Waals surface area contributed by atoms with Gasteiger partial charge in [0.2, 0.25) is 5.78 Å². The minimum absolute atomic E-state index is 0.0178. The number of thiophene rings is 1. The summed E-state index contributed by atoms with van der Waals surface area (Å²) in [6.07, 6.45) is 1.80. The summed E-state index contributed by atoms with van der Waals surface area (Å²) < 4.78 is 0. The van der Waals surface area contributed by atoms with Gasteiger partial charge in [0.15, 0.2) is 0 Å². The molecule has 0 atom stereocenters. The van der Waals surface area contributed by atoms with E-state index in [1.165, 1.54) is 11.3 Å². The van der Waals surface area contributed by atoms with Crippen molar-refractivity contribution in [2.75, 3.05) is 0 Å². The molecule has 0 aliphatic rings. The van der Waals surface area contributed by atoms with E-state index < -0.39 is 0 Å². The van der Waals surface area contributed by atoms with Crippen molar-refractivity contribution in [3.05, 3.63) is 88.9 Å². The molecular formula is C20H13NOS. The molecule has 4 aromatic rings. The van der Waals surface area contributed by atoms with Crippen LogP contribution < -0.4 is 0 Å². The van der Waals surface area contributed by atoms with Crippen molar-refractivity contribution in [3.63, 3.8) is 0 Å². The normalized spacial score (nSPS) is 10.8. The van der Waals surface area contributed by atoms with Crippen LogP contribution in [0.1, 0.15) is 15.4 Å². The summed E-state index contributed by atoms with van der Waals surface area (Å²) in [6, 6.07) is 21.8. The van der Waals surface area contributed by atoms with Crippen LogP contribution in [-0.4, -0.2) is 10.8 Å². The van der Waals surface area contributed by atoms with Crippen molar-refractivity contribution in [2.45, 2.75) is 0 Å². The van der Waals surface area contributed by atoms with Gasteiger partial charge in [-0.3, -0.25) is 9.78 Å². The standard InChI is InChI=1S/C20H13NOS/c22-20(18-11-6-12-23-18)19-16-10-5-4-9-15(16)17(13-21-19)14-7-2-1-3-8-14/h1-13H. The minimum atomic E-state index is -0.0178. The Kier molecular flexibility index (Phi) is 3.48. The number of hydrogen-bond donors (Lipinski definition) is 0. The number of fused-ring (bicyclic) bond motifs is 1. The predicted molar refractivity (Wildman–Crippen MR) is 94.9 cm³/mol. The number of ketones is 1. The lowest BCUT2D eigenvalue weighted by molar-refractivity contribution is 0.103. The second-order valence-electron chi connectivity index (χ2n) is 5.24. The monoisotopic (exact) mass is 315 g/mol. The molecule has 2 aromatic carbocycles. The molecule has 2 nitrogen and oxygen atoms in total. The van der Waals surface area contributed by atoms with Crippen molar-refractivity contribution in [2.24, 2.45) is 0 Å². The van der Waals surface area contributed by atoms with Crippen LogP contribution in [0, 0.1) is 0 Å². The molecule has 4 rings (SSSR count). The molecule has 0 radical (unpaired) electrons. The second-order valence-corrected chi connectivity index (χ2v) is 6.19. The Hall–Kier alpha value is -2.78. The molecule has 0 N–H and O–H groups in total. The smallest absolute Gasteiger partial charge is 0.221 e. The van der Waals surface area contributed by atoms with Crippen molar-refractivity contribution < 1.29 is 4.79 Å². The molecule has 0 spiro atoms. The molecule has 0 amide bonds. The molecule has 0 saturated carbocycles. The molecule has 23 heavy (non-hydrogen) atoms. The third-order valence-corrected chi connectivity index (χ3v) is 4.71. The van der Waals surface area contributed by atoms with E-state index in [0.717, 1.165) is 26.8 Å². The van der Waals surface area contributed by atoms with Crippen LogP contribution in [0.15, 0.2) is 78.3 Å². The number of aromatic nitrogens is 1. The Morgan fingerprint density at radius 1 is 0.826 bits per heavy atom. The van der Waals surface area contributed by atoms with Crippen LogP contribution in [0.2, 0.25) is 0 Å². The van der Waals surface area contributed by atoms with Crippen molar-refractivity contribution >= 4 is 27.9 Å². The predicted octanol–water partition coefficient (Wildman–Crippen LogP) is 5.19. The van der Waals surface area contributed by atoms with Gasteiger partial charge < -0.3 is 0 Å². The third-order valence-electron chi connectivity index (χ3n) is 3.84. The van der Waals surface area contributed by atoms with Crippen molar-refractivity contribution in [1.82, 2.24) is 4.98 Å². The first-order chi connectivity index (χ1) is 11.3. The molecule has 3 heteroatoms. The fraction of sp³-hybridized carbons (Fsp3) is 0. The number of carbonyl (C=O) groups is 1. The highest BCUT2D eigenvalue weighted by atomic mass is 32.1. The topological polar surface area (TPSA) is 30.0 Å². The molecular weight excluding hydrogens is 302 g/mol. The molecule has 0 aliphatic carbocycles. The van der Waals surface area contributed by atoms with Gasteiger partial charge in [-0.2, -0.15) is 0 Å². The van der Waals surface area contributed by atoms with Gasteiger partial charge in [-0.1, -0.05) is 60.7 Å². The van der Waals surface area contributed by atoms with Gasteiger partial charge in [0, 0.05) is 17.1 Å². The maximum absolute atomic E-state index is 12.7. The second kappa shape index (κ2) is 5.78. The first kappa shape index (κ1) is 13.9. The van der Waals surface area contributed by atoms with E-state index >= 15 is 0 Å². The molecule has 2 aromatic heterocycles. The zero-order chi connectivity index (χ0) is 15.6. The minimum Gasteiger partial charge on any atom is -0.286 e. The highest BCUT2D eigenvalue weighted by molar-refractivity contribution is 7.12. The molecule has 0 bridgehead atoms. The molecule has 0 unspecified atom stereocenters. The van der Waals surface area contributed by atoms with Gasteiger partial charge in [-0.25, -0.2) is 0 Å². The van der Waals surface area contributed by atoms with E-state index in [2.05, 4.69) is 17.1 Å². The molecule has 0 saturated heterocycles. The molecule has 2 heterocycles. The number of hydrogen-bond acceptors (Lipinski definition) is 3. The zero-order valence-electron chi connectivity index (χ0n) is 12.3. The third kappa shape index (κ3) is 2.45. The van der Waals surface area contributed by atoms with Crippen LogP contribution in [0.5, 0.6) is 0 Å². The Morgan fingerprint density at radius 3 is 2.30 bits per heavy atom. The number of carbonyl (C=O) groups excluding carboxylic acids is 1. The number of nitrogens with zero attached hydrogens (tertiary/aromatic N) is 1. The number of rotatable bonds is 3. The van der Waals surface area contributed by atoms with Gasteiger partial charge in [0.25, 0.3) is 0 Å². The summed E-state index contributed by atoms with van der Waals surface area (Å²) in [4.78, 5) is 17.9. The van der Waals surface area contributed by atoms with Gasteiger partial charge >= 0.3 is 0 Å². The van der Waals surface area contributed by atoms with E-state index in [4.69, 9.17) is 0 Å². The summed E-state index contributed by atoms with van der Waals surface area (Å²) >= 11 is 1.45. The summed E-state index contributed by atoms with van der Waals surface area (Å²) in [7, 11) is 0. The van der Waals surface area contributed by atoms with Crippen LogP contribution in [0.25, 0.3) is 21.9 Å². The first-order valence-electron chi connectivity index (χ1n) is 7.36. The number of benzene rings is 2. The van der Waals surface area contributed by atoms with Crippen molar-refractivity contribution in [3.8, 4) is 11.1 Å². The van der Waals surface area contributed by atoms with E-state index in [1.807, 2.05) is 60.0 Å². The van der Waals surface area contributed by atoms with Gasteiger partial charge in [0.1, 0.15) is 5.69 Å². The lowest BCUT2D eigenvalue weighted by Gasteiger charge is -2.09. The summed E-state index contributed by atoms with van der Waals surface area (Å²) in [5, 5.41) is 3.86. The Balaban J connectivity index is 1.95. The van der Waals surface area contributed by atoms with Crippen molar-refractivity contribution in [1.29, 1.82) is 0 Å². The highest BCUT2D eigenvalue weighted by Crippen LogP contribution is 2.30. The Bertz CT molecular complexity index is 975. The van der Waals surface area contributed by atoms with Gasteiger partial charge in [0.05, 0.1) is 4.88 Å². The maximum Gasteiger partial charge on any atom is 0.221 e. The quantitative estimate of drug-likeness (QED) is 0.487. The van der Waals surface area contributed by atoms with Crippen LogP contribution in [0.3, 0.4) is 0 Å². The van der Waals surface area contributed by atoms with E-state index in [1.54, 1.807) is 6.20 Å². The van der Waals surface area contributed by atoms with Gasteiger partial charge in [-0.15, -0.1) is 11.3 Å². The Labute approximate surface area is 138 Å². The first-order valence-corrected chi connectivity index (χ1v) is 8.24. The summed E-state index contributed by atoms with van der Waals surface area (Å²) in [5.41, 5.74) is 2.66. The molecule has 110 valence electrons. The SMILES string of the molecule is O=C(c1cccs1)c1ncc(-c2ccccc2)c2ccccc12. The van der Waals surface area contributed by atoms with Gasteiger partial charge in [-0.05, 0) is 22.4 Å². The fourth-order valence-corrected chi connectivity index (χ4v) is 3.41. The summed E-state index contributed by atoms with van der Waals surface area (Å²) in [6.45, 7) is 0. The average Bonchev–Trinajstić information content (AvgIpc) is 3.15. The average molecular weight is 315 g/mol. The van der Waals surface area contributed by atoms with E-state index in [-0.39, 0.29) is 5.78 Å². The fourth-order valence-electron chi connectivity index (χ4n) is 2.75. The lowest BCUT2D eigenvalue weighted by Crippen LogP contribution is -2.03. The Morgan fingerprint density at radius 2 is 1.57 bits per heavy atom. The maximum atomic E-state index is 12.7. The zero-order valence-corrected chi connectivity index (χ0v) is 13.1. The highest BCUT2D eigenvalue weighted by Gasteiger charge is 2.17. The number of pyridine rings is 1. The molecule has 0 aliphatic heterocycles. The van der Waals surface area contributed by atoms with Crippen LogP contribution >= 0.6 is 11.3 Å². The van der Waals surface area contributed by atoms with E-state index in [9.17, 15) is 4.79 Å².